The monoisotopic (exact) mass is 408 g/mol. The van der Waals surface area contributed by atoms with E-state index in [1.165, 1.54) is 20.1 Å². The molecule has 9 heteroatoms. The lowest BCUT2D eigenvalue weighted by molar-refractivity contribution is -0.231. The Bertz CT molecular complexity index is 978. The first kappa shape index (κ1) is 21.4. The van der Waals surface area contributed by atoms with E-state index in [1.807, 2.05) is 0 Å². The molecule has 0 radical (unpaired) electrons. The lowest BCUT2D eigenvalue weighted by atomic mass is 9.89. The number of ether oxygens (including phenoxy) is 2. The normalized spacial score (nSPS) is 27.2. The van der Waals surface area contributed by atoms with E-state index in [1.54, 1.807) is 13.0 Å². The quantitative estimate of drug-likeness (QED) is 0.526. The van der Waals surface area contributed by atoms with Crippen molar-refractivity contribution in [1.82, 2.24) is 0 Å². The number of aryl methyl sites for hydroxylation is 1. The Balaban J connectivity index is 2.29. The second kappa shape index (κ2) is 8.21. The Kier molecular flexibility index (Phi) is 6.06. The third-order valence-electron chi connectivity index (χ3n) is 5.07. The molecule has 1 saturated heterocycles. The summed E-state index contributed by atoms with van der Waals surface area (Å²) in [6, 6.07) is 2.81. The van der Waals surface area contributed by atoms with Crippen molar-refractivity contribution in [2.24, 2.45) is 0 Å². The molecule has 158 valence electrons. The van der Waals surface area contributed by atoms with Gasteiger partial charge in [0.2, 0.25) is 0 Å². The van der Waals surface area contributed by atoms with Crippen LogP contribution in [0.1, 0.15) is 29.9 Å². The Morgan fingerprint density at radius 1 is 1.17 bits per heavy atom. The van der Waals surface area contributed by atoms with Crippen LogP contribution in [-0.4, -0.2) is 64.3 Å². The van der Waals surface area contributed by atoms with Gasteiger partial charge in [0.15, 0.2) is 5.43 Å². The molecular formula is C20H24O9. The van der Waals surface area contributed by atoms with Gasteiger partial charge in [-0.05, 0) is 25.5 Å². The number of ketones is 1. The number of carbonyl (C=O) groups is 1. The van der Waals surface area contributed by atoms with E-state index in [0.717, 1.165) is 0 Å². The summed E-state index contributed by atoms with van der Waals surface area (Å²) in [6.45, 7) is 2.44. The Morgan fingerprint density at radius 3 is 2.45 bits per heavy atom. The van der Waals surface area contributed by atoms with Crippen LogP contribution in [0.25, 0.3) is 11.0 Å². The molecule has 0 bridgehead atoms. The summed E-state index contributed by atoms with van der Waals surface area (Å²) >= 11 is 0. The maximum Gasteiger partial charge on any atom is 0.193 e. The van der Waals surface area contributed by atoms with E-state index in [-0.39, 0.29) is 45.7 Å². The third kappa shape index (κ3) is 3.79. The molecule has 3 rings (SSSR count). The molecule has 0 aliphatic carbocycles. The maximum absolute atomic E-state index is 12.7. The minimum Gasteiger partial charge on any atom is -0.496 e. The van der Waals surface area contributed by atoms with Crippen molar-refractivity contribution in [2.75, 3.05) is 13.7 Å². The number of methoxy groups -OCH3 is 1. The molecule has 0 spiro atoms. The Hall–Kier alpha value is -2.30. The zero-order chi connectivity index (χ0) is 21.5. The first-order chi connectivity index (χ1) is 13.7. The number of rotatable bonds is 5. The zero-order valence-electron chi connectivity index (χ0n) is 16.3. The number of hydrogen-bond donors (Lipinski definition) is 4. The molecule has 0 amide bonds. The molecule has 2 heterocycles. The smallest absolute Gasteiger partial charge is 0.193 e. The number of Topliss-reactive ketones (excluding diaryl/α,β-unsaturated/α-hetero) is 1. The Labute approximate surface area is 166 Å². The fraction of sp³-hybridized carbons (Fsp3) is 0.500. The second-order valence-electron chi connectivity index (χ2n) is 7.22. The van der Waals surface area contributed by atoms with Crippen LogP contribution >= 0.6 is 0 Å². The van der Waals surface area contributed by atoms with Crippen LogP contribution in [0.5, 0.6) is 5.75 Å². The fourth-order valence-corrected chi connectivity index (χ4v) is 3.67. The van der Waals surface area contributed by atoms with Gasteiger partial charge in [-0.2, -0.15) is 0 Å². The van der Waals surface area contributed by atoms with Crippen LogP contribution in [0.3, 0.4) is 0 Å². The van der Waals surface area contributed by atoms with E-state index in [9.17, 15) is 30.0 Å². The van der Waals surface area contributed by atoms with Crippen molar-refractivity contribution < 1.29 is 39.1 Å². The first-order valence-corrected chi connectivity index (χ1v) is 9.13. The van der Waals surface area contributed by atoms with Crippen LogP contribution in [0.15, 0.2) is 21.3 Å². The second-order valence-corrected chi connectivity index (χ2v) is 7.22. The average Bonchev–Trinajstić information content (AvgIpc) is 2.66. The minimum absolute atomic E-state index is 0.0509. The molecule has 5 atom stereocenters. The van der Waals surface area contributed by atoms with Crippen molar-refractivity contribution >= 4 is 16.8 Å². The molecule has 2 aromatic rings. The van der Waals surface area contributed by atoms with Gasteiger partial charge in [-0.15, -0.1) is 0 Å². The summed E-state index contributed by atoms with van der Waals surface area (Å²) < 4.78 is 16.9. The molecule has 1 fully saturated rings. The topological polar surface area (TPSA) is 147 Å². The fourth-order valence-electron chi connectivity index (χ4n) is 3.67. The van der Waals surface area contributed by atoms with Crippen molar-refractivity contribution in [3.63, 3.8) is 0 Å². The summed E-state index contributed by atoms with van der Waals surface area (Å²) in [5, 5.41) is 40.5. The van der Waals surface area contributed by atoms with Gasteiger partial charge in [0.25, 0.3) is 0 Å². The first-order valence-electron chi connectivity index (χ1n) is 9.13. The van der Waals surface area contributed by atoms with Crippen LogP contribution in [0.2, 0.25) is 0 Å². The van der Waals surface area contributed by atoms with Gasteiger partial charge >= 0.3 is 0 Å². The number of benzene rings is 1. The summed E-state index contributed by atoms with van der Waals surface area (Å²) in [7, 11) is 1.38. The van der Waals surface area contributed by atoms with Gasteiger partial charge in [-0.1, -0.05) is 0 Å². The molecule has 4 N–H and O–H groups in total. The van der Waals surface area contributed by atoms with Crippen molar-refractivity contribution in [3.05, 3.63) is 39.2 Å². The highest BCUT2D eigenvalue weighted by Gasteiger charge is 2.46. The average molecular weight is 408 g/mol. The highest BCUT2D eigenvalue weighted by atomic mass is 16.5. The molecule has 1 aromatic carbocycles. The maximum atomic E-state index is 12.7. The number of hydrogen-bond acceptors (Lipinski definition) is 9. The van der Waals surface area contributed by atoms with Gasteiger partial charge in [-0.25, -0.2) is 0 Å². The molecule has 1 aromatic heterocycles. The van der Waals surface area contributed by atoms with Gasteiger partial charge < -0.3 is 34.3 Å². The van der Waals surface area contributed by atoms with Gasteiger partial charge in [0.1, 0.15) is 53.4 Å². The number of carbonyl (C=O) groups excluding carboxylic acids is 1. The number of fused-ring (bicyclic) bond motifs is 1. The third-order valence-corrected chi connectivity index (χ3v) is 5.07. The van der Waals surface area contributed by atoms with Crippen LogP contribution in [0, 0.1) is 6.92 Å². The van der Waals surface area contributed by atoms with Crippen LogP contribution in [0.4, 0.5) is 0 Å². The molecule has 1 aliphatic heterocycles. The van der Waals surface area contributed by atoms with E-state index >= 15 is 0 Å². The largest absolute Gasteiger partial charge is 0.496 e. The molecule has 1 aliphatic rings. The molecule has 0 unspecified atom stereocenters. The highest BCUT2D eigenvalue weighted by molar-refractivity contribution is 5.86. The van der Waals surface area contributed by atoms with E-state index in [4.69, 9.17) is 13.9 Å². The van der Waals surface area contributed by atoms with Gasteiger partial charge in [0.05, 0.1) is 31.1 Å². The predicted molar refractivity (Wildman–Crippen MR) is 101 cm³/mol. The number of aliphatic hydroxyl groups excluding tert-OH is 4. The van der Waals surface area contributed by atoms with Gasteiger partial charge in [-0.3, -0.25) is 9.59 Å². The minimum atomic E-state index is -1.61. The summed E-state index contributed by atoms with van der Waals surface area (Å²) in [6.07, 6.45) is -7.25. The van der Waals surface area contributed by atoms with E-state index < -0.39 is 37.1 Å². The van der Waals surface area contributed by atoms with E-state index in [2.05, 4.69) is 0 Å². The van der Waals surface area contributed by atoms with E-state index in [0.29, 0.717) is 5.56 Å². The zero-order valence-corrected chi connectivity index (χ0v) is 16.3. The van der Waals surface area contributed by atoms with Crippen molar-refractivity contribution in [1.29, 1.82) is 0 Å². The van der Waals surface area contributed by atoms with Crippen LogP contribution < -0.4 is 10.2 Å². The van der Waals surface area contributed by atoms with Crippen molar-refractivity contribution in [2.45, 2.75) is 50.8 Å². The lowest BCUT2D eigenvalue weighted by Crippen LogP contribution is -2.55. The van der Waals surface area contributed by atoms with Crippen LogP contribution in [-0.2, 0) is 16.0 Å². The SMILES string of the molecule is COc1cc(C)c2c(=O)cc(CC(C)=O)oc2c1[C@@H]1O[C@H](CO)[C@@H](O)[C@H](O)[C@H]1O. The summed E-state index contributed by atoms with van der Waals surface area (Å²) in [5.74, 6) is 0.150. The number of aliphatic hydroxyl groups is 4. The molecule has 9 nitrogen and oxygen atoms in total. The van der Waals surface area contributed by atoms with Gasteiger partial charge in [0, 0.05) is 6.07 Å². The van der Waals surface area contributed by atoms with Crippen molar-refractivity contribution in [3.8, 4) is 5.75 Å². The Morgan fingerprint density at radius 2 is 1.86 bits per heavy atom. The standard InChI is InChI=1S/C20H24O9/c1-8-4-12(27-3)15(20-18(26)17(25)16(24)13(7-21)29-20)19-14(8)11(23)6-10(28-19)5-9(2)22/h4,6,13,16-18,20-21,24-26H,5,7H2,1-3H3/t13-,16-,17+,18-,20+/m1/s1. The summed E-state index contributed by atoms with van der Waals surface area (Å²) in [5.41, 5.74) is 0.365. The highest BCUT2D eigenvalue weighted by Crippen LogP contribution is 2.41. The molecule has 29 heavy (non-hydrogen) atoms. The lowest BCUT2D eigenvalue weighted by Gasteiger charge is -2.40. The summed E-state index contributed by atoms with van der Waals surface area (Å²) in [4.78, 5) is 24.2. The molecular weight excluding hydrogens is 384 g/mol. The molecule has 0 saturated carbocycles. The predicted octanol–water partition coefficient (Wildman–Crippen LogP) is -0.244.